The lowest BCUT2D eigenvalue weighted by Crippen LogP contribution is -2.10. The maximum atomic E-state index is 2.39. The largest absolute Gasteiger partial charge is 0.310 e. The summed E-state index contributed by atoms with van der Waals surface area (Å²) in [4.78, 5) is 2.39. The summed E-state index contributed by atoms with van der Waals surface area (Å²) in [5.41, 5.74) is 15.3. The van der Waals surface area contributed by atoms with E-state index in [0.717, 1.165) is 17.1 Å². The normalized spacial score (nSPS) is 11.4. The van der Waals surface area contributed by atoms with Crippen molar-refractivity contribution >= 4 is 60.2 Å². The van der Waals surface area contributed by atoms with Crippen LogP contribution >= 0.6 is 0 Å². The number of anilines is 3. The van der Waals surface area contributed by atoms with Gasteiger partial charge in [0.25, 0.3) is 0 Å². The molecular formula is C64H43N. The van der Waals surface area contributed by atoms with Gasteiger partial charge in [-0.1, -0.05) is 212 Å². The van der Waals surface area contributed by atoms with E-state index in [9.17, 15) is 0 Å². The zero-order valence-electron chi connectivity index (χ0n) is 35.8. The molecule has 12 aromatic rings. The van der Waals surface area contributed by atoms with Crippen LogP contribution in [0.2, 0.25) is 0 Å². The molecule has 0 bridgehead atoms. The second-order valence-electron chi connectivity index (χ2n) is 16.9. The molecule has 0 fully saturated rings. The highest BCUT2D eigenvalue weighted by molar-refractivity contribution is 6.14. The van der Waals surface area contributed by atoms with E-state index in [1.54, 1.807) is 0 Å². The molecule has 65 heavy (non-hydrogen) atoms. The summed E-state index contributed by atoms with van der Waals surface area (Å²) in [6.07, 6.45) is 0. The maximum absolute atomic E-state index is 2.39. The predicted molar refractivity (Wildman–Crippen MR) is 278 cm³/mol. The molecule has 0 unspecified atom stereocenters. The molecule has 1 nitrogen and oxygen atoms in total. The molecule has 0 aliphatic carbocycles. The molecule has 0 saturated heterocycles. The first kappa shape index (κ1) is 38.2. The third-order valence-electron chi connectivity index (χ3n) is 13.0. The summed E-state index contributed by atoms with van der Waals surface area (Å²) in [5.74, 6) is 0. The molecular weight excluding hydrogens is 783 g/mol. The van der Waals surface area contributed by atoms with Gasteiger partial charge in [0, 0.05) is 17.1 Å². The SMILES string of the molecule is c1ccc(-c2c(-c3ccc(N(c4ccc(-c5ccc(-c6ccc7ccccc7c6)cc5)cc4)c4cccc(-c5cc6ccccc6c6ccccc56)c4)cc3)ccc3ccccc23)cc1. The molecule has 0 amide bonds. The Balaban J connectivity index is 0.950. The van der Waals surface area contributed by atoms with Crippen LogP contribution in [0.25, 0.3) is 98.7 Å². The first-order chi connectivity index (χ1) is 32.2. The molecule has 1 heteroatoms. The van der Waals surface area contributed by atoms with Gasteiger partial charge >= 0.3 is 0 Å². The Bertz CT molecular complexity index is 3680. The van der Waals surface area contributed by atoms with Crippen LogP contribution in [0.1, 0.15) is 0 Å². The quantitative estimate of drug-likeness (QED) is 0.138. The van der Waals surface area contributed by atoms with Gasteiger partial charge in [-0.25, -0.2) is 0 Å². The van der Waals surface area contributed by atoms with Crippen molar-refractivity contribution in [1.82, 2.24) is 0 Å². The molecule has 0 radical (unpaired) electrons. The number of benzene rings is 12. The summed E-state index contributed by atoms with van der Waals surface area (Å²) in [6, 6.07) is 95.2. The van der Waals surface area contributed by atoms with Crippen LogP contribution in [-0.4, -0.2) is 0 Å². The molecule has 12 rings (SSSR count). The fourth-order valence-electron chi connectivity index (χ4n) is 9.80. The zero-order valence-corrected chi connectivity index (χ0v) is 35.8. The Kier molecular flexibility index (Phi) is 9.58. The number of fused-ring (bicyclic) bond motifs is 5. The molecule has 304 valence electrons. The van der Waals surface area contributed by atoms with E-state index in [1.807, 2.05) is 0 Å². The molecule has 0 aliphatic heterocycles. The zero-order chi connectivity index (χ0) is 43.1. The molecule has 12 aromatic carbocycles. The van der Waals surface area contributed by atoms with Gasteiger partial charge in [0.15, 0.2) is 0 Å². The topological polar surface area (TPSA) is 3.24 Å². The fourth-order valence-corrected chi connectivity index (χ4v) is 9.80. The minimum Gasteiger partial charge on any atom is -0.310 e. The van der Waals surface area contributed by atoms with Crippen LogP contribution in [0.4, 0.5) is 17.1 Å². The van der Waals surface area contributed by atoms with Gasteiger partial charge in [-0.05, 0) is 147 Å². The highest BCUT2D eigenvalue weighted by atomic mass is 15.1. The van der Waals surface area contributed by atoms with Crippen molar-refractivity contribution in [2.45, 2.75) is 0 Å². The summed E-state index contributed by atoms with van der Waals surface area (Å²) in [7, 11) is 0. The van der Waals surface area contributed by atoms with Crippen LogP contribution in [0, 0.1) is 0 Å². The van der Waals surface area contributed by atoms with Gasteiger partial charge in [-0.2, -0.15) is 0 Å². The Morgan fingerprint density at radius 3 is 1.43 bits per heavy atom. The standard InChI is InChI=1S/C64H43N/c1-2-15-50(16-3-1)64-59-22-9-6-14-48(59)35-40-60(64)49-33-38-56(39-34-49)65(57-20-12-19-53(42-57)63-43-54-18-7-8-21-58(54)61-23-10-11-24-62(61)63)55-36-31-46(32-37-55)45-25-27-47(28-26-45)52-30-29-44-13-4-5-17-51(44)41-52/h1-43H. The van der Waals surface area contributed by atoms with E-state index in [0.29, 0.717) is 0 Å². The van der Waals surface area contributed by atoms with E-state index >= 15 is 0 Å². The average Bonchev–Trinajstić information content (AvgIpc) is 3.39. The summed E-state index contributed by atoms with van der Waals surface area (Å²) < 4.78 is 0. The Hall–Kier alpha value is -8.52. The highest BCUT2D eigenvalue weighted by Crippen LogP contribution is 2.43. The van der Waals surface area contributed by atoms with Crippen molar-refractivity contribution in [1.29, 1.82) is 0 Å². The second-order valence-corrected chi connectivity index (χ2v) is 16.9. The van der Waals surface area contributed by atoms with E-state index in [-0.39, 0.29) is 0 Å². The van der Waals surface area contributed by atoms with Gasteiger partial charge < -0.3 is 4.90 Å². The highest BCUT2D eigenvalue weighted by Gasteiger charge is 2.18. The van der Waals surface area contributed by atoms with E-state index < -0.39 is 0 Å². The van der Waals surface area contributed by atoms with Crippen LogP contribution < -0.4 is 4.90 Å². The van der Waals surface area contributed by atoms with E-state index in [4.69, 9.17) is 0 Å². The lowest BCUT2D eigenvalue weighted by Gasteiger charge is -2.27. The van der Waals surface area contributed by atoms with Crippen molar-refractivity contribution in [3.63, 3.8) is 0 Å². The van der Waals surface area contributed by atoms with E-state index in [2.05, 4.69) is 266 Å². The van der Waals surface area contributed by atoms with Crippen molar-refractivity contribution in [3.8, 4) is 55.6 Å². The average molecular weight is 826 g/mol. The van der Waals surface area contributed by atoms with Crippen molar-refractivity contribution < 1.29 is 0 Å². The number of hydrogen-bond acceptors (Lipinski definition) is 1. The molecule has 0 saturated carbocycles. The van der Waals surface area contributed by atoms with Gasteiger partial charge in [-0.3, -0.25) is 0 Å². The van der Waals surface area contributed by atoms with Crippen molar-refractivity contribution in [2.24, 2.45) is 0 Å². The van der Waals surface area contributed by atoms with Crippen LogP contribution in [-0.2, 0) is 0 Å². The van der Waals surface area contributed by atoms with E-state index in [1.165, 1.54) is 98.7 Å². The molecule has 0 aliphatic rings. The summed E-state index contributed by atoms with van der Waals surface area (Å²) >= 11 is 0. The Morgan fingerprint density at radius 2 is 0.708 bits per heavy atom. The number of nitrogens with zero attached hydrogens (tertiary/aromatic N) is 1. The second kappa shape index (κ2) is 16.3. The third kappa shape index (κ3) is 7.10. The lowest BCUT2D eigenvalue weighted by atomic mass is 9.89. The minimum atomic E-state index is 1.09. The van der Waals surface area contributed by atoms with Crippen LogP contribution in [0.5, 0.6) is 0 Å². The molecule has 0 heterocycles. The molecule has 0 aromatic heterocycles. The van der Waals surface area contributed by atoms with Gasteiger partial charge in [0.2, 0.25) is 0 Å². The van der Waals surface area contributed by atoms with Gasteiger partial charge in [-0.15, -0.1) is 0 Å². The summed E-state index contributed by atoms with van der Waals surface area (Å²) in [6.45, 7) is 0. The first-order valence-electron chi connectivity index (χ1n) is 22.4. The smallest absolute Gasteiger partial charge is 0.0467 e. The van der Waals surface area contributed by atoms with Gasteiger partial charge in [0.05, 0.1) is 0 Å². The molecule has 0 atom stereocenters. The third-order valence-corrected chi connectivity index (χ3v) is 13.0. The molecule has 0 spiro atoms. The Labute approximate surface area is 379 Å². The van der Waals surface area contributed by atoms with Crippen molar-refractivity contribution in [2.75, 3.05) is 4.90 Å². The monoisotopic (exact) mass is 825 g/mol. The van der Waals surface area contributed by atoms with Gasteiger partial charge in [0.1, 0.15) is 0 Å². The molecule has 0 N–H and O–H groups in total. The maximum Gasteiger partial charge on any atom is 0.0467 e. The van der Waals surface area contributed by atoms with Crippen LogP contribution in [0.15, 0.2) is 261 Å². The number of hydrogen-bond donors (Lipinski definition) is 0. The Morgan fingerprint density at radius 1 is 0.200 bits per heavy atom. The predicted octanol–water partition coefficient (Wildman–Crippen LogP) is 18.1. The lowest BCUT2D eigenvalue weighted by molar-refractivity contribution is 1.28. The fraction of sp³-hybridized carbons (Fsp3) is 0. The number of rotatable bonds is 8. The minimum absolute atomic E-state index is 1.09. The first-order valence-corrected chi connectivity index (χ1v) is 22.4. The van der Waals surface area contributed by atoms with Crippen LogP contribution in [0.3, 0.4) is 0 Å². The van der Waals surface area contributed by atoms with Crippen molar-refractivity contribution in [3.05, 3.63) is 261 Å². The summed E-state index contributed by atoms with van der Waals surface area (Å²) in [5, 5.41) is 10.0.